The molecular formula is C21H17BrN4O4. The summed E-state index contributed by atoms with van der Waals surface area (Å²) in [7, 11) is 0. The normalized spacial score (nSPS) is 10.6. The van der Waals surface area contributed by atoms with Crippen LogP contribution in [0.15, 0.2) is 70.6 Å². The molecule has 1 amide bonds. The van der Waals surface area contributed by atoms with Crippen LogP contribution in [-0.2, 0) is 0 Å². The van der Waals surface area contributed by atoms with Gasteiger partial charge in [-0.05, 0) is 49.4 Å². The minimum absolute atomic E-state index is 0.131. The van der Waals surface area contributed by atoms with Crippen LogP contribution in [0.5, 0.6) is 11.5 Å². The molecule has 1 aromatic heterocycles. The number of rotatable bonds is 7. The van der Waals surface area contributed by atoms with E-state index in [1.807, 2.05) is 6.92 Å². The molecule has 0 spiro atoms. The van der Waals surface area contributed by atoms with E-state index >= 15 is 0 Å². The Labute approximate surface area is 181 Å². The fourth-order valence-corrected chi connectivity index (χ4v) is 2.74. The van der Waals surface area contributed by atoms with Gasteiger partial charge in [-0.2, -0.15) is 5.10 Å². The van der Waals surface area contributed by atoms with E-state index in [0.717, 1.165) is 4.47 Å². The van der Waals surface area contributed by atoms with Gasteiger partial charge in [0.05, 0.1) is 24.6 Å². The largest absolute Gasteiger partial charge is 0.494 e. The highest BCUT2D eigenvalue weighted by Gasteiger charge is 2.12. The number of nitrogens with zero attached hydrogens (tertiary/aromatic N) is 3. The summed E-state index contributed by atoms with van der Waals surface area (Å²) in [6.45, 7) is 2.42. The Kier molecular flexibility index (Phi) is 7.23. The molecule has 0 saturated heterocycles. The first-order valence-corrected chi connectivity index (χ1v) is 9.70. The predicted molar refractivity (Wildman–Crippen MR) is 114 cm³/mol. The monoisotopic (exact) mass is 468 g/mol. The molecule has 0 unspecified atom stereocenters. The zero-order chi connectivity index (χ0) is 21.3. The summed E-state index contributed by atoms with van der Waals surface area (Å²) < 4.78 is 11.6. The van der Waals surface area contributed by atoms with E-state index in [-0.39, 0.29) is 11.4 Å². The molecule has 8 nitrogen and oxygen atoms in total. The number of benzene rings is 2. The minimum Gasteiger partial charge on any atom is -0.494 e. The van der Waals surface area contributed by atoms with Gasteiger partial charge in [-0.1, -0.05) is 15.9 Å². The molecule has 0 aliphatic rings. The molecule has 0 radical (unpaired) electrons. The van der Waals surface area contributed by atoms with Crippen molar-refractivity contribution in [3.05, 3.63) is 82.3 Å². The van der Waals surface area contributed by atoms with Gasteiger partial charge in [-0.25, -0.2) is 15.2 Å². The van der Waals surface area contributed by atoms with Crippen molar-refractivity contribution in [3.8, 4) is 11.5 Å². The molecule has 0 atom stereocenters. The van der Waals surface area contributed by atoms with E-state index in [0.29, 0.717) is 23.5 Å². The number of ether oxygens (including phenoxy) is 2. The van der Waals surface area contributed by atoms with E-state index in [1.54, 1.807) is 42.5 Å². The van der Waals surface area contributed by atoms with Crippen molar-refractivity contribution < 1.29 is 19.1 Å². The highest BCUT2D eigenvalue weighted by Crippen LogP contribution is 2.23. The number of aromatic nitrogens is 2. The van der Waals surface area contributed by atoms with Gasteiger partial charge < -0.3 is 9.47 Å². The Bertz CT molecular complexity index is 1060. The predicted octanol–water partition coefficient (Wildman–Crippen LogP) is 3.62. The van der Waals surface area contributed by atoms with Crippen LogP contribution in [-0.4, -0.2) is 34.7 Å². The minimum atomic E-state index is -0.529. The van der Waals surface area contributed by atoms with Gasteiger partial charge in [0, 0.05) is 22.4 Å². The number of halogens is 1. The molecule has 0 aliphatic carbocycles. The summed E-state index contributed by atoms with van der Waals surface area (Å²) in [5.74, 6) is -0.0835. The third-order valence-electron chi connectivity index (χ3n) is 3.74. The zero-order valence-electron chi connectivity index (χ0n) is 15.9. The highest BCUT2D eigenvalue weighted by molar-refractivity contribution is 9.10. The molecule has 2 aromatic carbocycles. The van der Waals surface area contributed by atoms with Crippen LogP contribution in [0.3, 0.4) is 0 Å². The summed E-state index contributed by atoms with van der Waals surface area (Å²) in [5.41, 5.74) is 3.35. The number of hydrogen-bond acceptors (Lipinski definition) is 7. The molecule has 3 aromatic rings. The number of carbonyl (C=O) groups is 2. The number of amides is 1. The zero-order valence-corrected chi connectivity index (χ0v) is 17.5. The lowest BCUT2D eigenvalue weighted by Crippen LogP contribution is -2.19. The lowest BCUT2D eigenvalue weighted by Gasteiger charge is -2.09. The average Bonchev–Trinajstić information content (AvgIpc) is 2.76. The lowest BCUT2D eigenvalue weighted by atomic mass is 10.2. The topological polar surface area (TPSA) is 103 Å². The van der Waals surface area contributed by atoms with Crippen molar-refractivity contribution in [2.45, 2.75) is 6.92 Å². The number of hydrogen-bond donors (Lipinski definition) is 1. The van der Waals surface area contributed by atoms with Crippen LogP contribution in [0.4, 0.5) is 0 Å². The second kappa shape index (κ2) is 10.3. The van der Waals surface area contributed by atoms with Gasteiger partial charge in [0.15, 0.2) is 0 Å². The summed E-state index contributed by atoms with van der Waals surface area (Å²) in [4.78, 5) is 32.2. The van der Waals surface area contributed by atoms with Gasteiger partial charge >= 0.3 is 5.97 Å². The van der Waals surface area contributed by atoms with Crippen molar-refractivity contribution in [2.24, 2.45) is 5.10 Å². The van der Waals surface area contributed by atoms with Crippen molar-refractivity contribution in [2.75, 3.05) is 6.61 Å². The van der Waals surface area contributed by atoms with E-state index in [9.17, 15) is 9.59 Å². The number of nitrogens with one attached hydrogen (secondary N) is 1. The van der Waals surface area contributed by atoms with Crippen molar-refractivity contribution in [1.29, 1.82) is 0 Å². The standard InChI is InChI=1S/C21H17BrN4O4/c1-2-29-17-6-3-14(4-7-17)21(28)30-19-8-5-16(22)11-15(19)12-25-26-20(27)18-13-23-9-10-24-18/h3-13H,2H2,1H3,(H,26,27)/b25-12-. The van der Waals surface area contributed by atoms with Crippen LogP contribution in [0.2, 0.25) is 0 Å². The lowest BCUT2D eigenvalue weighted by molar-refractivity contribution is 0.0734. The maximum Gasteiger partial charge on any atom is 0.343 e. The molecular weight excluding hydrogens is 452 g/mol. The van der Waals surface area contributed by atoms with Crippen LogP contribution in [0.25, 0.3) is 0 Å². The van der Waals surface area contributed by atoms with Crippen LogP contribution >= 0.6 is 15.9 Å². The Balaban J connectivity index is 1.71. The molecule has 152 valence electrons. The van der Waals surface area contributed by atoms with Gasteiger partial charge in [0.1, 0.15) is 17.2 Å². The molecule has 0 bridgehead atoms. The fourth-order valence-electron chi connectivity index (χ4n) is 2.36. The third kappa shape index (κ3) is 5.71. The summed E-state index contributed by atoms with van der Waals surface area (Å²) in [6.07, 6.45) is 5.58. The first-order valence-electron chi connectivity index (χ1n) is 8.91. The molecule has 1 heterocycles. The maximum absolute atomic E-state index is 12.5. The second-order valence-corrected chi connectivity index (χ2v) is 6.73. The van der Waals surface area contributed by atoms with E-state index in [2.05, 4.69) is 36.4 Å². The molecule has 30 heavy (non-hydrogen) atoms. The smallest absolute Gasteiger partial charge is 0.343 e. The maximum atomic E-state index is 12.5. The fraction of sp³-hybridized carbons (Fsp3) is 0.0952. The SMILES string of the molecule is CCOc1ccc(C(=O)Oc2ccc(Br)cc2/C=N\NC(=O)c2cnccn2)cc1. The van der Waals surface area contributed by atoms with Crippen molar-refractivity contribution in [1.82, 2.24) is 15.4 Å². The van der Waals surface area contributed by atoms with E-state index in [4.69, 9.17) is 9.47 Å². The van der Waals surface area contributed by atoms with Gasteiger partial charge in [-0.15, -0.1) is 0 Å². The highest BCUT2D eigenvalue weighted by atomic mass is 79.9. The van der Waals surface area contributed by atoms with Crippen molar-refractivity contribution >= 4 is 34.0 Å². The average molecular weight is 469 g/mol. The van der Waals surface area contributed by atoms with E-state index < -0.39 is 11.9 Å². The van der Waals surface area contributed by atoms with Crippen molar-refractivity contribution in [3.63, 3.8) is 0 Å². The van der Waals surface area contributed by atoms with Crippen LogP contribution in [0.1, 0.15) is 33.3 Å². The quantitative estimate of drug-likeness (QED) is 0.246. The molecule has 0 saturated carbocycles. The first kappa shape index (κ1) is 21.1. The van der Waals surface area contributed by atoms with Crippen LogP contribution < -0.4 is 14.9 Å². The van der Waals surface area contributed by atoms with Gasteiger partial charge in [-0.3, -0.25) is 9.78 Å². The van der Waals surface area contributed by atoms with Gasteiger partial charge in [0.25, 0.3) is 5.91 Å². The van der Waals surface area contributed by atoms with E-state index in [1.165, 1.54) is 24.8 Å². The Morgan fingerprint density at radius 1 is 1.17 bits per heavy atom. The molecule has 9 heteroatoms. The third-order valence-corrected chi connectivity index (χ3v) is 4.23. The molecule has 1 N–H and O–H groups in total. The molecule has 0 aliphatic heterocycles. The second-order valence-electron chi connectivity index (χ2n) is 5.82. The summed E-state index contributed by atoms with van der Waals surface area (Å²) in [6, 6.07) is 11.7. The first-order chi connectivity index (χ1) is 14.6. The molecule has 3 rings (SSSR count). The number of carbonyl (C=O) groups excluding carboxylic acids is 2. The van der Waals surface area contributed by atoms with Gasteiger partial charge in [0.2, 0.25) is 0 Å². The summed E-state index contributed by atoms with van der Waals surface area (Å²) in [5, 5.41) is 3.91. The summed E-state index contributed by atoms with van der Waals surface area (Å²) >= 11 is 3.37. The number of hydrazone groups is 1. The molecule has 0 fully saturated rings. The number of esters is 1. The van der Waals surface area contributed by atoms with Crippen LogP contribution in [0, 0.1) is 0 Å². The Hall–Kier alpha value is -3.59. The Morgan fingerprint density at radius 3 is 2.67 bits per heavy atom. The Morgan fingerprint density at radius 2 is 1.97 bits per heavy atom.